The van der Waals surface area contributed by atoms with Gasteiger partial charge in [-0.05, 0) is 78.5 Å². The van der Waals surface area contributed by atoms with Gasteiger partial charge in [0.05, 0.1) is 12.2 Å². The number of nitrogens with one attached hydrogen (secondary N) is 1. The number of likely N-dealkylation sites (tertiary alicyclic amines) is 1. The van der Waals surface area contributed by atoms with Crippen LogP contribution in [0, 0.1) is 17.7 Å². The Bertz CT molecular complexity index is 1500. The number of benzene rings is 3. The van der Waals surface area contributed by atoms with E-state index in [2.05, 4.69) is 29.3 Å². The third-order valence-corrected chi connectivity index (χ3v) is 9.40. The number of carbonyl (C=O) groups is 2. The van der Waals surface area contributed by atoms with Gasteiger partial charge in [-0.1, -0.05) is 60.5 Å². The highest BCUT2D eigenvalue weighted by Gasteiger charge is 2.39. The molecule has 2 N–H and O–H groups in total. The van der Waals surface area contributed by atoms with E-state index in [9.17, 15) is 14.7 Å². The molecule has 2 atom stereocenters. The van der Waals surface area contributed by atoms with Gasteiger partial charge >= 0.3 is 5.97 Å². The zero-order chi connectivity index (χ0) is 30.3. The third-order valence-electron chi connectivity index (χ3n) is 8.97. The molecule has 2 aliphatic carbocycles. The van der Waals surface area contributed by atoms with Crippen molar-refractivity contribution < 1.29 is 23.8 Å². The number of amides is 1. The van der Waals surface area contributed by atoms with Crippen LogP contribution in [0.1, 0.15) is 65.6 Å². The van der Waals surface area contributed by atoms with Crippen LogP contribution in [-0.4, -0.2) is 54.2 Å². The maximum Gasteiger partial charge on any atom is 0.326 e. The molecule has 3 aliphatic rings. The second-order valence-corrected chi connectivity index (χ2v) is 13.4. The van der Waals surface area contributed by atoms with Crippen molar-refractivity contribution in [1.29, 1.82) is 0 Å². The second-order valence-electron chi connectivity index (χ2n) is 12.5. The van der Waals surface area contributed by atoms with Crippen molar-refractivity contribution in [2.75, 3.05) is 26.2 Å². The molecule has 1 saturated heterocycles. The molecule has 6 rings (SSSR count). The number of aliphatic carboxylic acids is 1. The Balaban J connectivity index is 1.11. The Hall–Kier alpha value is -3.13. The van der Waals surface area contributed by atoms with Gasteiger partial charge in [-0.3, -0.25) is 4.79 Å². The summed E-state index contributed by atoms with van der Waals surface area (Å²) in [4.78, 5) is 26.8. The fourth-order valence-electron chi connectivity index (χ4n) is 6.21. The van der Waals surface area contributed by atoms with Crippen LogP contribution in [0.4, 0.5) is 4.39 Å². The van der Waals surface area contributed by atoms with Gasteiger partial charge in [0.25, 0.3) is 5.91 Å². The molecule has 3 fully saturated rings. The smallest absolute Gasteiger partial charge is 0.326 e. The van der Waals surface area contributed by atoms with Crippen molar-refractivity contribution in [2.24, 2.45) is 11.8 Å². The number of hydrogen-bond donors (Lipinski definition) is 2. The summed E-state index contributed by atoms with van der Waals surface area (Å²) >= 11 is 12.8. The van der Waals surface area contributed by atoms with Gasteiger partial charge in [-0.15, -0.1) is 0 Å². The molecule has 0 unspecified atom stereocenters. The molecule has 6 nitrogen and oxygen atoms in total. The van der Waals surface area contributed by atoms with Crippen LogP contribution >= 0.6 is 23.2 Å². The Kier molecular flexibility index (Phi) is 8.42. The zero-order valence-corrected chi connectivity index (χ0v) is 25.5. The Morgan fingerprint density at radius 2 is 1.70 bits per heavy atom. The minimum Gasteiger partial charge on any atom is -0.493 e. The number of rotatable bonds is 12. The molecule has 1 amide bonds. The lowest BCUT2D eigenvalue weighted by Gasteiger charge is -2.45. The first-order valence-electron chi connectivity index (χ1n) is 14.8. The minimum atomic E-state index is -1.09. The fourth-order valence-corrected chi connectivity index (χ4v) is 6.73. The first kappa shape index (κ1) is 29.9. The molecular formula is C34H35Cl2FN2O4. The van der Waals surface area contributed by atoms with Crippen LogP contribution in [0.15, 0.2) is 60.7 Å². The lowest BCUT2D eigenvalue weighted by Crippen LogP contribution is -2.53. The molecule has 3 aromatic carbocycles. The number of hydrogen-bond acceptors (Lipinski definition) is 4. The standard InChI is InChI=1S/C34H35Cl2FN2O4/c1-34(23-5-3-2-4-6-23,24-11-25(35)13-26(36)12-24)19-39-16-20(17-39)18-43-30-15-29(37)28(14-27(30)21-7-8-21)32(40)38-31(33(41)42)22-9-10-22/h2-6,11-15,20-22,31H,7-10,16-19H2,1H3,(H,38,40)(H,41,42)/t31-,34-/m0/s1. The number of carbonyl (C=O) groups excluding carboxylic acids is 1. The van der Waals surface area contributed by atoms with E-state index in [1.165, 1.54) is 11.6 Å². The number of carboxylic acid groups (broad SMARTS) is 1. The van der Waals surface area contributed by atoms with Crippen molar-refractivity contribution in [3.8, 4) is 5.75 Å². The van der Waals surface area contributed by atoms with Crippen LogP contribution in [0.5, 0.6) is 5.75 Å². The number of halogens is 3. The van der Waals surface area contributed by atoms with E-state index in [4.69, 9.17) is 27.9 Å². The van der Waals surface area contributed by atoms with Gasteiger partial charge < -0.3 is 20.1 Å². The van der Waals surface area contributed by atoms with Crippen molar-refractivity contribution in [3.63, 3.8) is 0 Å². The second kappa shape index (κ2) is 12.1. The quantitative estimate of drug-likeness (QED) is 0.229. The Morgan fingerprint density at radius 1 is 1.02 bits per heavy atom. The highest BCUT2D eigenvalue weighted by Crippen LogP contribution is 2.45. The predicted molar refractivity (Wildman–Crippen MR) is 165 cm³/mol. The number of nitrogens with zero attached hydrogens (tertiary/aromatic N) is 1. The molecule has 0 bridgehead atoms. The van der Waals surface area contributed by atoms with E-state index in [0.29, 0.717) is 22.4 Å². The molecule has 0 spiro atoms. The summed E-state index contributed by atoms with van der Waals surface area (Å²) in [6, 6.07) is 17.9. The summed E-state index contributed by atoms with van der Waals surface area (Å²) in [5, 5.41) is 13.2. The fraction of sp³-hybridized carbons (Fsp3) is 0.412. The first-order chi connectivity index (χ1) is 20.6. The molecule has 2 saturated carbocycles. The monoisotopic (exact) mass is 624 g/mol. The lowest BCUT2D eigenvalue weighted by molar-refractivity contribution is -0.139. The summed E-state index contributed by atoms with van der Waals surface area (Å²) in [6.45, 7) is 5.08. The van der Waals surface area contributed by atoms with Gasteiger partial charge in [0, 0.05) is 47.1 Å². The van der Waals surface area contributed by atoms with Crippen LogP contribution in [-0.2, 0) is 10.2 Å². The first-order valence-corrected chi connectivity index (χ1v) is 15.6. The van der Waals surface area contributed by atoms with Crippen molar-refractivity contribution >= 4 is 35.1 Å². The average molecular weight is 626 g/mol. The van der Waals surface area contributed by atoms with E-state index in [-0.39, 0.29) is 28.7 Å². The van der Waals surface area contributed by atoms with Gasteiger partial charge in [0.2, 0.25) is 0 Å². The normalized spacial score (nSPS) is 19.3. The number of carboxylic acids is 1. The average Bonchev–Trinajstić information content (AvgIpc) is 3.87. The van der Waals surface area contributed by atoms with Gasteiger partial charge in [-0.25, -0.2) is 9.18 Å². The van der Waals surface area contributed by atoms with E-state index >= 15 is 4.39 Å². The van der Waals surface area contributed by atoms with Crippen molar-refractivity contribution in [1.82, 2.24) is 10.2 Å². The molecular weight excluding hydrogens is 590 g/mol. The molecule has 0 aromatic heterocycles. The SMILES string of the molecule is C[C@](CN1CC(COc2cc(F)c(C(=O)N[C@H](C(=O)O)C3CC3)cc2C2CC2)C1)(c1ccccc1)c1cc(Cl)cc(Cl)c1. The van der Waals surface area contributed by atoms with Gasteiger partial charge in [0.1, 0.15) is 17.6 Å². The molecule has 226 valence electrons. The van der Waals surface area contributed by atoms with Gasteiger partial charge in [-0.2, -0.15) is 0 Å². The Labute approximate surface area is 261 Å². The highest BCUT2D eigenvalue weighted by molar-refractivity contribution is 6.34. The Morgan fingerprint density at radius 3 is 2.30 bits per heavy atom. The van der Waals surface area contributed by atoms with Crippen LogP contribution < -0.4 is 10.1 Å². The van der Waals surface area contributed by atoms with E-state index in [1.54, 1.807) is 12.1 Å². The molecule has 0 radical (unpaired) electrons. The molecule has 43 heavy (non-hydrogen) atoms. The van der Waals surface area contributed by atoms with E-state index < -0.39 is 23.7 Å². The van der Waals surface area contributed by atoms with Crippen LogP contribution in [0.25, 0.3) is 0 Å². The lowest BCUT2D eigenvalue weighted by atomic mass is 9.75. The minimum absolute atomic E-state index is 0.0917. The zero-order valence-electron chi connectivity index (χ0n) is 24.0. The summed E-state index contributed by atoms with van der Waals surface area (Å²) in [5.41, 5.74) is 2.58. The maximum absolute atomic E-state index is 15.2. The highest BCUT2D eigenvalue weighted by atomic mass is 35.5. The van der Waals surface area contributed by atoms with Crippen molar-refractivity contribution in [2.45, 2.75) is 50.0 Å². The molecule has 9 heteroatoms. The molecule has 3 aromatic rings. The molecule has 1 aliphatic heterocycles. The predicted octanol–water partition coefficient (Wildman–Crippen LogP) is 6.92. The maximum atomic E-state index is 15.2. The number of ether oxygens (including phenoxy) is 1. The topological polar surface area (TPSA) is 78.9 Å². The third kappa shape index (κ3) is 6.69. The summed E-state index contributed by atoms with van der Waals surface area (Å²) in [5.74, 6) is -1.62. The van der Waals surface area contributed by atoms with Crippen molar-refractivity contribution in [3.05, 3.63) is 98.8 Å². The van der Waals surface area contributed by atoms with Crippen LogP contribution in [0.2, 0.25) is 10.0 Å². The molecule has 1 heterocycles. The van der Waals surface area contributed by atoms with E-state index in [0.717, 1.165) is 56.4 Å². The summed E-state index contributed by atoms with van der Waals surface area (Å²) < 4.78 is 21.3. The largest absolute Gasteiger partial charge is 0.493 e. The summed E-state index contributed by atoms with van der Waals surface area (Å²) in [6.07, 6.45) is 3.40. The summed E-state index contributed by atoms with van der Waals surface area (Å²) in [7, 11) is 0. The van der Waals surface area contributed by atoms with Crippen LogP contribution in [0.3, 0.4) is 0 Å². The van der Waals surface area contributed by atoms with E-state index in [1.807, 2.05) is 30.3 Å². The van der Waals surface area contributed by atoms with Gasteiger partial charge in [0.15, 0.2) is 0 Å².